The fourth-order valence-corrected chi connectivity index (χ4v) is 4.49. The van der Waals surface area contributed by atoms with E-state index in [0.717, 1.165) is 36.2 Å². The van der Waals surface area contributed by atoms with Crippen LogP contribution in [0.3, 0.4) is 0 Å². The van der Waals surface area contributed by atoms with E-state index in [-0.39, 0.29) is 18.9 Å². The molecule has 0 unspecified atom stereocenters. The zero-order valence-electron chi connectivity index (χ0n) is 20.1. The lowest BCUT2D eigenvalue weighted by Crippen LogP contribution is -2.52. The number of pyridine rings is 1. The van der Waals surface area contributed by atoms with Crippen molar-refractivity contribution in [2.24, 2.45) is 0 Å². The van der Waals surface area contributed by atoms with E-state index in [2.05, 4.69) is 20.5 Å². The molecule has 4 N–H and O–H groups in total. The third-order valence-corrected chi connectivity index (χ3v) is 6.59. The molecule has 0 saturated carbocycles. The minimum atomic E-state index is -1.01. The van der Waals surface area contributed by atoms with Crippen LogP contribution < -0.4 is 16.4 Å². The minimum absolute atomic E-state index is 0.00132. The molecule has 7 nitrogen and oxygen atoms in total. The van der Waals surface area contributed by atoms with E-state index in [1.54, 1.807) is 30.5 Å². The second kappa shape index (κ2) is 12.1. The predicted octanol–water partition coefficient (Wildman–Crippen LogP) is 3.60. The smallest absolute Gasteiger partial charge is 0.243 e. The van der Waals surface area contributed by atoms with Crippen LogP contribution in [0.5, 0.6) is 0 Å². The van der Waals surface area contributed by atoms with Crippen molar-refractivity contribution in [2.45, 2.75) is 44.4 Å². The number of nitrogen functional groups attached to an aromatic ring is 1. The molecular formula is C27H28ClF2N5O2. The number of hydrogen-bond donors (Lipinski definition) is 3. The minimum Gasteiger partial charge on any atom is -0.384 e. The van der Waals surface area contributed by atoms with Crippen LogP contribution in [0.1, 0.15) is 29.5 Å². The van der Waals surface area contributed by atoms with Gasteiger partial charge < -0.3 is 16.4 Å². The van der Waals surface area contributed by atoms with Gasteiger partial charge in [0, 0.05) is 30.7 Å². The molecule has 1 fully saturated rings. The van der Waals surface area contributed by atoms with E-state index >= 15 is 0 Å². The molecule has 1 aliphatic rings. The van der Waals surface area contributed by atoms with Crippen LogP contribution in [-0.4, -0.2) is 40.3 Å². The molecule has 3 aromatic rings. The predicted molar refractivity (Wildman–Crippen MR) is 137 cm³/mol. The van der Waals surface area contributed by atoms with Gasteiger partial charge in [-0.05, 0) is 66.4 Å². The lowest BCUT2D eigenvalue weighted by atomic mass is 10.0. The molecule has 1 saturated heterocycles. The standard InChI is InChI=1S/C27H28ClF2N5O2/c28-20-7-3-17(4-8-20)16-35-11-1-2-24(35)27(37)34-23(13-18-5-9-21(29)22(30)12-18)26(36)33-15-19-6-10-25(31)32-14-19/h3-10,12,14,23-24H,1-2,11,13,15-16H2,(H2,31,32)(H,33,36)(H,34,37)/t23-,24+/m0/s1. The van der Waals surface area contributed by atoms with Gasteiger partial charge in [0.1, 0.15) is 11.9 Å². The van der Waals surface area contributed by atoms with Crippen LogP contribution in [0.4, 0.5) is 14.6 Å². The van der Waals surface area contributed by atoms with Crippen LogP contribution in [-0.2, 0) is 29.1 Å². The van der Waals surface area contributed by atoms with E-state index in [1.807, 2.05) is 12.1 Å². The Hall–Kier alpha value is -3.56. The van der Waals surface area contributed by atoms with Gasteiger partial charge in [0.05, 0.1) is 6.04 Å². The lowest BCUT2D eigenvalue weighted by molar-refractivity contribution is -0.131. The van der Waals surface area contributed by atoms with E-state index < -0.39 is 29.6 Å². The zero-order chi connectivity index (χ0) is 26.4. The molecule has 2 aromatic carbocycles. The van der Waals surface area contributed by atoms with Crippen molar-refractivity contribution in [3.05, 3.63) is 94.1 Å². The Bertz CT molecular complexity index is 1240. The average molecular weight is 528 g/mol. The Morgan fingerprint density at radius 2 is 1.78 bits per heavy atom. The monoisotopic (exact) mass is 527 g/mol. The first-order valence-electron chi connectivity index (χ1n) is 12.0. The van der Waals surface area contributed by atoms with Crippen LogP contribution in [0.2, 0.25) is 5.02 Å². The molecule has 37 heavy (non-hydrogen) atoms. The van der Waals surface area contributed by atoms with Gasteiger partial charge in [-0.2, -0.15) is 0 Å². The van der Waals surface area contributed by atoms with Crippen LogP contribution >= 0.6 is 11.6 Å². The van der Waals surface area contributed by atoms with Crippen molar-refractivity contribution in [3.63, 3.8) is 0 Å². The van der Waals surface area contributed by atoms with E-state index in [0.29, 0.717) is 29.4 Å². The van der Waals surface area contributed by atoms with E-state index in [1.165, 1.54) is 6.07 Å². The fourth-order valence-electron chi connectivity index (χ4n) is 4.37. The summed E-state index contributed by atoms with van der Waals surface area (Å²) in [6, 6.07) is 12.8. The third-order valence-electron chi connectivity index (χ3n) is 6.34. The molecule has 0 aliphatic carbocycles. The highest BCUT2D eigenvalue weighted by atomic mass is 35.5. The van der Waals surface area contributed by atoms with Gasteiger partial charge in [0.2, 0.25) is 11.8 Å². The van der Waals surface area contributed by atoms with Crippen molar-refractivity contribution in [2.75, 3.05) is 12.3 Å². The Morgan fingerprint density at radius 1 is 1.05 bits per heavy atom. The van der Waals surface area contributed by atoms with Gasteiger partial charge in [-0.3, -0.25) is 14.5 Å². The molecule has 2 heterocycles. The number of nitrogens with one attached hydrogen (secondary N) is 2. The van der Waals surface area contributed by atoms with Crippen molar-refractivity contribution in [3.8, 4) is 0 Å². The van der Waals surface area contributed by atoms with Crippen LogP contribution in [0.15, 0.2) is 60.8 Å². The number of carbonyl (C=O) groups is 2. The summed E-state index contributed by atoms with van der Waals surface area (Å²) in [4.78, 5) is 32.5. The normalized spacial score (nSPS) is 16.4. The molecule has 2 atom stereocenters. The summed E-state index contributed by atoms with van der Waals surface area (Å²) in [5, 5.41) is 6.27. The first-order chi connectivity index (χ1) is 17.8. The molecule has 0 radical (unpaired) electrons. The van der Waals surface area contributed by atoms with Crippen LogP contribution in [0, 0.1) is 11.6 Å². The van der Waals surface area contributed by atoms with E-state index in [9.17, 15) is 18.4 Å². The number of benzene rings is 2. The fraction of sp³-hybridized carbons (Fsp3) is 0.296. The Kier molecular flexibility index (Phi) is 8.68. The SMILES string of the molecule is Nc1ccc(CNC(=O)[C@H](Cc2ccc(F)c(F)c2)NC(=O)[C@H]2CCCN2Cc2ccc(Cl)cc2)cn1. The molecular weight excluding hydrogens is 500 g/mol. The average Bonchev–Trinajstić information content (AvgIpc) is 3.35. The highest BCUT2D eigenvalue weighted by Gasteiger charge is 2.33. The molecule has 10 heteroatoms. The van der Waals surface area contributed by atoms with Crippen molar-refractivity contribution < 1.29 is 18.4 Å². The summed E-state index contributed by atoms with van der Waals surface area (Å²) < 4.78 is 27.3. The van der Waals surface area contributed by atoms with Crippen LogP contribution in [0.25, 0.3) is 0 Å². The first-order valence-corrected chi connectivity index (χ1v) is 12.4. The lowest BCUT2D eigenvalue weighted by Gasteiger charge is -2.26. The van der Waals surface area contributed by atoms with Crippen molar-refractivity contribution in [1.82, 2.24) is 20.5 Å². The number of hydrogen-bond acceptors (Lipinski definition) is 5. The highest BCUT2D eigenvalue weighted by molar-refractivity contribution is 6.30. The number of rotatable bonds is 9. The quantitative estimate of drug-likeness (QED) is 0.395. The second-order valence-corrected chi connectivity index (χ2v) is 9.51. The molecule has 194 valence electrons. The van der Waals surface area contributed by atoms with Gasteiger partial charge >= 0.3 is 0 Å². The van der Waals surface area contributed by atoms with Gasteiger partial charge in [-0.1, -0.05) is 35.9 Å². The summed E-state index contributed by atoms with van der Waals surface area (Å²) in [7, 11) is 0. The Labute approximate surface area is 219 Å². The molecule has 0 spiro atoms. The summed E-state index contributed by atoms with van der Waals surface area (Å²) in [5.74, 6) is -2.37. The van der Waals surface area contributed by atoms with Gasteiger partial charge in [0.15, 0.2) is 11.6 Å². The molecule has 0 bridgehead atoms. The number of likely N-dealkylation sites (tertiary alicyclic amines) is 1. The second-order valence-electron chi connectivity index (χ2n) is 9.08. The number of nitrogens with zero attached hydrogens (tertiary/aromatic N) is 2. The van der Waals surface area contributed by atoms with Gasteiger partial charge in [-0.15, -0.1) is 0 Å². The number of anilines is 1. The number of aromatic nitrogens is 1. The largest absolute Gasteiger partial charge is 0.384 e. The molecule has 4 rings (SSSR count). The summed E-state index contributed by atoms with van der Waals surface area (Å²) in [6.07, 6.45) is 3.04. The van der Waals surface area contributed by atoms with Gasteiger partial charge in [-0.25, -0.2) is 13.8 Å². The number of halogens is 3. The summed E-state index contributed by atoms with van der Waals surface area (Å²) in [6.45, 7) is 1.48. The van der Waals surface area contributed by atoms with E-state index in [4.69, 9.17) is 17.3 Å². The topological polar surface area (TPSA) is 100 Å². The highest BCUT2D eigenvalue weighted by Crippen LogP contribution is 2.22. The van der Waals surface area contributed by atoms with Gasteiger partial charge in [0.25, 0.3) is 0 Å². The molecule has 1 aromatic heterocycles. The summed E-state index contributed by atoms with van der Waals surface area (Å²) in [5.41, 5.74) is 7.75. The van der Waals surface area contributed by atoms with Crippen molar-refractivity contribution >= 4 is 29.2 Å². The first kappa shape index (κ1) is 26.5. The van der Waals surface area contributed by atoms with Crippen molar-refractivity contribution in [1.29, 1.82) is 0 Å². The number of nitrogens with two attached hydrogens (primary N) is 1. The zero-order valence-corrected chi connectivity index (χ0v) is 20.8. The summed E-state index contributed by atoms with van der Waals surface area (Å²) >= 11 is 5.98. The maximum atomic E-state index is 13.8. The number of amides is 2. The Balaban J connectivity index is 1.46. The maximum Gasteiger partial charge on any atom is 0.243 e. The molecule has 2 amide bonds. The third kappa shape index (κ3) is 7.24. The number of carbonyl (C=O) groups excluding carboxylic acids is 2. The molecule has 1 aliphatic heterocycles. The Morgan fingerprint density at radius 3 is 2.49 bits per heavy atom. The maximum absolute atomic E-state index is 13.8.